The average Bonchev–Trinajstić information content (AvgIpc) is 3.15. The molecule has 2 atom stereocenters. The zero-order valence-corrected chi connectivity index (χ0v) is 15.1. The van der Waals surface area contributed by atoms with Gasteiger partial charge in [-0.05, 0) is 12.5 Å². The summed E-state index contributed by atoms with van der Waals surface area (Å²) in [7, 11) is 0. The van der Waals surface area contributed by atoms with Crippen molar-refractivity contribution in [2.24, 2.45) is 0 Å². The van der Waals surface area contributed by atoms with Gasteiger partial charge in [0.1, 0.15) is 11.9 Å². The van der Waals surface area contributed by atoms with E-state index in [9.17, 15) is 4.79 Å². The van der Waals surface area contributed by atoms with Gasteiger partial charge in [-0.3, -0.25) is 10.7 Å². The summed E-state index contributed by atoms with van der Waals surface area (Å²) < 4.78 is 10.8. The first kappa shape index (κ1) is 18.7. The first-order chi connectivity index (χ1) is 13.0. The van der Waals surface area contributed by atoms with Crippen molar-refractivity contribution in [1.82, 2.24) is 10.3 Å². The predicted molar refractivity (Wildman–Crippen MR) is 103 cm³/mol. The normalized spacial score (nSPS) is 17.1. The SMILES string of the molecule is CC(NC(=O)Nc1cc(N)c(C(=N)OC2CCOC2)cn1)c1ccccc1. The highest BCUT2D eigenvalue weighted by molar-refractivity contribution is 5.98. The first-order valence-electron chi connectivity index (χ1n) is 8.74. The monoisotopic (exact) mass is 369 g/mol. The van der Waals surface area contributed by atoms with E-state index < -0.39 is 0 Å². The molecule has 0 radical (unpaired) electrons. The molecular formula is C19H23N5O3. The number of aromatic nitrogens is 1. The van der Waals surface area contributed by atoms with Crippen LogP contribution < -0.4 is 16.4 Å². The van der Waals surface area contributed by atoms with E-state index in [2.05, 4.69) is 15.6 Å². The van der Waals surface area contributed by atoms with Crippen LogP contribution in [0.25, 0.3) is 0 Å². The van der Waals surface area contributed by atoms with E-state index in [1.807, 2.05) is 37.3 Å². The second kappa shape index (κ2) is 8.50. The zero-order chi connectivity index (χ0) is 19.2. The van der Waals surface area contributed by atoms with Crippen LogP contribution in [0.1, 0.15) is 30.5 Å². The maximum atomic E-state index is 12.2. The van der Waals surface area contributed by atoms with Crippen LogP contribution in [0.2, 0.25) is 0 Å². The van der Waals surface area contributed by atoms with Crippen molar-refractivity contribution >= 4 is 23.4 Å². The van der Waals surface area contributed by atoms with Gasteiger partial charge in [0.15, 0.2) is 0 Å². The maximum absolute atomic E-state index is 12.2. The molecule has 1 saturated heterocycles. The Morgan fingerprint density at radius 1 is 1.41 bits per heavy atom. The Morgan fingerprint density at radius 3 is 2.85 bits per heavy atom. The number of nitrogens with zero attached hydrogens (tertiary/aromatic N) is 1. The molecule has 2 unspecified atom stereocenters. The lowest BCUT2D eigenvalue weighted by Gasteiger charge is -2.16. The fourth-order valence-electron chi connectivity index (χ4n) is 2.74. The third-order valence-electron chi connectivity index (χ3n) is 4.24. The number of benzene rings is 1. The number of hydrogen-bond donors (Lipinski definition) is 4. The molecule has 2 heterocycles. The van der Waals surface area contributed by atoms with E-state index >= 15 is 0 Å². The van der Waals surface area contributed by atoms with E-state index in [4.69, 9.17) is 20.6 Å². The summed E-state index contributed by atoms with van der Waals surface area (Å²) in [6, 6.07) is 10.6. The molecule has 0 bridgehead atoms. The second-order valence-electron chi connectivity index (χ2n) is 6.32. The van der Waals surface area contributed by atoms with Crippen molar-refractivity contribution in [2.45, 2.75) is 25.5 Å². The van der Waals surface area contributed by atoms with Gasteiger partial charge in [0.2, 0.25) is 5.90 Å². The Hall–Kier alpha value is -3.13. The van der Waals surface area contributed by atoms with E-state index in [-0.39, 0.29) is 24.1 Å². The highest BCUT2D eigenvalue weighted by atomic mass is 16.5. The van der Waals surface area contributed by atoms with Crippen LogP contribution in [0.4, 0.5) is 16.3 Å². The average molecular weight is 369 g/mol. The quantitative estimate of drug-likeness (QED) is 0.477. The van der Waals surface area contributed by atoms with Crippen LogP contribution in [0, 0.1) is 5.41 Å². The standard InChI is InChI=1S/C19H23N5O3/c1-12(13-5-3-2-4-6-13)23-19(25)24-17-9-16(20)15(10-22-17)18(21)27-14-7-8-26-11-14/h2-6,9-10,12,14,21H,7-8,11H2,1H3,(H4,20,22,23,24,25). The Kier molecular flexibility index (Phi) is 5.87. The van der Waals surface area contributed by atoms with Crippen molar-refractivity contribution in [3.63, 3.8) is 0 Å². The number of hydrogen-bond acceptors (Lipinski definition) is 6. The lowest BCUT2D eigenvalue weighted by Crippen LogP contribution is -2.31. The van der Waals surface area contributed by atoms with Crippen molar-refractivity contribution in [3.8, 4) is 0 Å². The molecule has 2 amide bonds. The minimum absolute atomic E-state index is 0.0517. The van der Waals surface area contributed by atoms with Gasteiger partial charge in [0, 0.05) is 24.4 Å². The van der Waals surface area contributed by atoms with Crippen molar-refractivity contribution in [2.75, 3.05) is 24.3 Å². The predicted octanol–water partition coefficient (Wildman–Crippen LogP) is 2.68. The number of pyridine rings is 1. The minimum Gasteiger partial charge on any atom is -0.472 e. The van der Waals surface area contributed by atoms with Crippen LogP contribution in [-0.4, -0.2) is 36.2 Å². The largest absolute Gasteiger partial charge is 0.472 e. The number of nitrogen functional groups attached to an aromatic ring is 1. The van der Waals surface area contributed by atoms with Crippen LogP contribution in [0.5, 0.6) is 0 Å². The van der Waals surface area contributed by atoms with Gasteiger partial charge in [-0.2, -0.15) is 0 Å². The van der Waals surface area contributed by atoms with Gasteiger partial charge < -0.3 is 20.5 Å². The number of anilines is 2. The Morgan fingerprint density at radius 2 is 2.19 bits per heavy atom. The molecule has 1 aliphatic heterocycles. The van der Waals surface area contributed by atoms with E-state index in [0.717, 1.165) is 12.0 Å². The van der Waals surface area contributed by atoms with Gasteiger partial charge in [-0.25, -0.2) is 9.78 Å². The number of ether oxygens (including phenoxy) is 2. The zero-order valence-electron chi connectivity index (χ0n) is 15.1. The van der Waals surface area contributed by atoms with Gasteiger partial charge in [0.25, 0.3) is 0 Å². The number of nitrogens with one attached hydrogen (secondary N) is 3. The van der Waals surface area contributed by atoms with Crippen LogP contribution in [-0.2, 0) is 9.47 Å². The topological polar surface area (TPSA) is 122 Å². The smallest absolute Gasteiger partial charge is 0.320 e. The third kappa shape index (κ3) is 4.95. The molecule has 8 heteroatoms. The van der Waals surface area contributed by atoms with E-state index in [1.54, 1.807) is 0 Å². The highest BCUT2D eigenvalue weighted by Gasteiger charge is 2.20. The summed E-state index contributed by atoms with van der Waals surface area (Å²) in [5.74, 6) is 0.246. The van der Waals surface area contributed by atoms with E-state index in [1.165, 1.54) is 12.3 Å². The molecule has 1 aliphatic rings. The minimum atomic E-state index is -0.388. The third-order valence-corrected chi connectivity index (χ3v) is 4.24. The molecule has 8 nitrogen and oxygen atoms in total. The molecule has 1 aromatic heterocycles. The number of carbonyl (C=O) groups excluding carboxylic acids is 1. The van der Waals surface area contributed by atoms with E-state index in [0.29, 0.717) is 30.3 Å². The van der Waals surface area contributed by atoms with Gasteiger partial charge in [-0.1, -0.05) is 30.3 Å². The lowest BCUT2D eigenvalue weighted by molar-refractivity contribution is 0.134. The molecule has 3 rings (SSSR count). The summed E-state index contributed by atoms with van der Waals surface area (Å²) in [6.07, 6.45) is 2.03. The summed E-state index contributed by atoms with van der Waals surface area (Å²) in [5.41, 5.74) is 7.68. The number of nitrogens with two attached hydrogens (primary N) is 1. The number of urea groups is 1. The van der Waals surface area contributed by atoms with Crippen molar-refractivity contribution in [1.29, 1.82) is 5.41 Å². The Labute approximate surface area is 157 Å². The van der Waals surface area contributed by atoms with Gasteiger partial charge in [0.05, 0.1) is 24.8 Å². The number of amides is 2. The fourth-order valence-corrected chi connectivity index (χ4v) is 2.74. The second-order valence-corrected chi connectivity index (χ2v) is 6.32. The van der Waals surface area contributed by atoms with Crippen LogP contribution in [0.3, 0.4) is 0 Å². The fraction of sp³-hybridized carbons (Fsp3) is 0.316. The highest BCUT2D eigenvalue weighted by Crippen LogP contribution is 2.19. The van der Waals surface area contributed by atoms with Crippen molar-refractivity contribution < 1.29 is 14.3 Å². The molecular weight excluding hydrogens is 346 g/mol. The summed E-state index contributed by atoms with van der Waals surface area (Å²) in [4.78, 5) is 16.3. The molecule has 142 valence electrons. The summed E-state index contributed by atoms with van der Waals surface area (Å²) in [5, 5.41) is 13.5. The number of carbonyl (C=O) groups is 1. The molecule has 5 N–H and O–H groups in total. The molecule has 1 fully saturated rings. The molecule has 27 heavy (non-hydrogen) atoms. The van der Waals surface area contributed by atoms with Crippen LogP contribution >= 0.6 is 0 Å². The molecule has 0 saturated carbocycles. The molecule has 1 aromatic carbocycles. The first-order valence-corrected chi connectivity index (χ1v) is 8.74. The molecule has 2 aromatic rings. The molecule has 0 aliphatic carbocycles. The van der Waals surface area contributed by atoms with Gasteiger partial charge in [-0.15, -0.1) is 0 Å². The summed E-state index contributed by atoms with van der Waals surface area (Å²) in [6.45, 7) is 2.99. The lowest BCUT2D eigenvalue weighted by atomic mass is 10.1. The molecule has 0 spiro atoms. The Bertz CT molecular complexity index is 806. The number of rotatable bonds is 5. The van der Waals surface area contributed by atoms with Crippen molar-refractivity contribution in [3.05, 3.63) is 53.7 Å². The summed E-state index contributed by atoms with van der Waals surface area (Å²) >= 11 is 0. The maximum Gasteiger partial charge on any atom is 0.320 e. The van der Waals surface area contributed by atoms with Crippen LogP contribution in [0.15, 0.2) is 42.6 Å². The Balaban J connectivity index is 1.58. The van der Waals surface area contributed by atoms with Gasteiger partial charge >= 0.3 is 6.03 Å².